The third-order valence-electron chi connectivity index (χ3n) is 3.27. The number of Topliss-reactive ketones (excluding diaryl/α,β-unsaturated/α-hetero) is 1. The fraction of sp³-hybridized carbons (Fsp3) is 0.400. The van der Waals surface area contributed by atoms with Gasteiger partial charge < -0.3 is 5.11 Å². The predicted molar refractivity (Wildman–Crippen MR) is 76.2 cm³/mol. The van der Waals surface area contributed by atoms with E-state index >= 15 is 0 Å². The van der Waals surface area contributed by atoms with Crippen molar-refractivity contribution >= 4 is 11.4 Å². The number of nitrogens with zero attached hydrogens (tertiary/aromatic N) is 2. The molecule has 5 nitrogen and oxygen atoms in total. The average Bonchev–Trinajstić information content (AvgIpc) is 2.45. The maximum absolute atomic E-state index is 12.2. The van der Waals surface area contributed by atoms with Gasteiger partial charge in [0.1, 0.15) is 5.56 Å². The molecule has 0 saturated carbocycles. The molecule has 0 radical (unpaired) electrons. The molecule has 20 heavy (non-hydrogen) atoms. The van der Waals surface area contributed by atoms with Crippen LogP contribution >= 0.6 is 0 Å². The van der Waals surface area contributed by atoms with Crippen LogP contribution < -0.4 is 5.56 Å². The second-order valence-corrected chi connectivity index (χ2v) is 4.80. The Hall–Kier alpha value is -2.17. The smallest absolute Gasteiger partial charge is 0.268 e. The molecule has 0 bridgehead atoms. The minimum atomic E-state index is -0.425. The van der Waals surface area contributed by atoms with Crippen LogP contribution in [0.5, 0.6) is 5.75 Å². The zero-order chi connectivity index (χ0) is 14.5. The van der Waals surface area contributed by atoms with Gasteiger partial charge in [0.05, 0.1) is 0 Å². The van der Waals surface area contributed by atoms with Crippen LogP contribution in [-0.2, 0) is 0 Å². The molecule has 2 aromatic heterocycles. The molecule has 0 aliphatic heterocycles. The van der Waals surface area contributed by atoms with E-state index in [1.165, 1.54) is 22.9 Å². The van der Waals surface area contributed by atoms with Crippen LogP contribution in [0, 0.1) is 0 Å². The molecule has 0 aliphatic rings. The number of unbranched alkanes of at least 4 members (excludes halogenated alkanes) is 3. The van der Waals surface area contributed by atoms with E-state index in [9.17, 15) is 14.7 Å². The minimum Gasteiger partial charge on any atom is -0.504 e. The van der Waals surface area contributed by atoms with E-state index in [0.29, 0.717) is 6.42 Å². The summed E-state index contributed by atoms with van der Waals surface area (Å²) in [5.74, 6) is -0.261. The monoisotopic (exact) mass is 274 g/mol. The summed E-state index contributed by atoms with van der Waals surface area (Å²) in [5.41, 5.74) is -0.170. The number of pyridine rings is 1. The molecule has 0 unspecified atom stereocenters. The normalized spacial score (nSPS) is 10.8. The van der Waals surface area contributed by atoms with Gasteiger partial charge in [0.25, 0.3) is 5.56 Å². The van der Waals surface area contributed by atoms with Crippen LogP contribution in [0.1, 0.15) is 49.4 Å². The van der Waals surface area contributed by atoms with Gasteiger partial charge >= 0.3 is 0 Å². The van der Waals surface area contributed by atoms with E-state index in [1.54, 1.807) is 6.07 Å². The molecule has 2 aromatic rings. The molecule has 0 spiro atoms. The number of fused-ring (bicyclic) bond motifs is 1. The van der Waals surface area contributed by atoms with E-state index in [4.69, 9.17) is 0 Å². The molecular formula is C15H18N2O3. The van der Waals surface area contributed by atoms with Crippen LogP contribution in [0.4, 0.5) is 0 Å². The summed E-state index contributed by atoms with van der Waals surface area (Å²) in [7, 11) is 0. The third kappa shape index (κ3) is 2.87. The summed E-state index contributed by atoms with van der Waals surface area (Å²) in [5, 5.41) is 9.62. The average molecular weight is 274 g/mol. The SMILES string of the molecule is CCCCCCC(=O)c1cnc2c(O)cccn2c1=O. The van der Waals surface area contributed by atoms with Crippen molar-refractivity contribution in [1.82, 2.24) is 9.38 Å². The molecule has 1 N–H and O–H groups in total. The topological polar surface area (TPSA) is 71.7 Å². The van der Waals surface area contributed by atoms with Gasteiger partial charge in [-0.1, -0.05) is 26.2 Å². The molecule has 0 atom stereocenters. The van der Waals surface area contributed by atoms with Crippen molar-refractivity contribution in [3.05, 3.63) is 40.4 Å². The van der Waals surface area contributed by atoms with Gasteiger partial charge in [0.2, 0.25) is 0 Å². The lowest BCUT2D eigenvalue weighted by Crippen LogP contribution is -2.22. The van der Waals surface area contributed by atoms with Crippen LogP contribution in [0.25, 0.3) is 5.65 Å². The van der Waals surface area contributed by atoms with E-state index in [2.05, 4.69) is 11.9 Å². The van der Waals surface area contributed by atoms with Gasteiger partial charge in [-0.25, -0.2) is 4.98 Å². The van der Waals surface area contributed by atoms with Gasteiger partial charge in [0.15, 0.2) is 17.2 Å². The van der Waals surface area contributed by atoms with E-state index in [-0.39, 0.29) is 22.7 Å². The second-order valence-electron chi connectivity index (χ2n) is 4.80. The Morgan fingerprint density at radius 1 is 1.35 bits per heavy atom. The third-order valence-corrected chi connectivity index (χ3v) is 3.27. The summed E-state index contributed by atoms with van der Waals surface area (Å²) in [4.78, 5) is 28.2. The highest BCUT2D eigenvalue weighted by atomic mass is 16.3. The molecular weight excluding hydrogens is 256 g/mol. The quantitative estimate of drug-likeness (QED) is 0.649. The zero-order valence-electron chi connectivity index (χ0n) is 11.5. The van der Waals surface area contributed by atoms with Crippen molar-refractivity contribution in [2.24, 2.45) is 0 Å². The number of carbonyl (C=O) groups is 1. The molecule has 0 saturated heterocycles. The van der Waals surface area contributed by atoms with Crippen LogP contribution in [0.15, 0.2) is 29.3 Å². The van der Waals surface area contributed by atoms with E-state index in [0.717, 1.165) is 25.7 Å². The predicted octanol–water partition coefficient (Wildman–Crippen LogP) is 2.55. The fourth-order valence-electron chi connectivity index (χ4n) is 2.13. The Bertz CT molecular complexity index is 676. The number of rotatable bonds is 6. The summed E-state index contributed by atoms with van der Waals surface area (Å²) in [6.45, 7) is 2.11. The van der Waals surface area contributed by atoms with Gasteiger partial charge in [0, 0.05) is 18.8 Å². The molecule has 0 aliphatic carbocycles. The Labute approximate surface area is 116 Å². The highest BCUT2D eigenvalue weighted by molar-refractivity contribution is 5.95. The number of aromatic hydroxyl groups is 1. The molecule has 5 heteroatoms. The van der Waals surface area contributed by atoms with Gasteiger partial charge in [-0.2, -0.15) is 0 Å². The van der Waals surface area contributed by atoms with Crippen molar-refractivity contribution in [1.29, 1.82) is 0 Å². The van der Waals surface area contributed by atoms with Crippen molar-refractivity contribution in [3.8, 4) is 5.75 Å². The number of carbonyl (C=O) groups excluding carboxylic acids is 1. The highest BCUT2D eigenvalue weighted by Gasteiger charge is 2.13. The molecule has 0 fully saturated rings. The van der Waals surface area contributed by atoms with Crippen molar-refractivity contribution in [2.75, 3.05) is 0 Å². The lowest BCUT2D eigenvalue weighted by atomic mass is 10.1. The largest absolute Gasteiger partial charge is 0.504 e. The lowest BCUT2D eigenvalue weighted by molar-refractivity contribution is 0.0977. The van der Waals surface area contributed by atoms with Crippen LogP contribution in [-0.4, -0.2) is 20.3 Å². The number of aromatic nitrogens is 2. The summed E-state index contributed by atoms with van der Waals surface area (Å²) in [6.07, 6.45) is 7.10. The Morgan fingerprint density at radius 2 is 2.15 bits per heavy atom. The van der Waals surface area contributed by atoms with Crippen molar-refractivity contribution < 1.29 is 9.90 Å². The molecule has 106 valence electrons. The zero-order valence-corrected chi connectivity index (χ0v) is 11.5. The number of hydrogen-bond acceptors (Lipinski definition) is 4. The number of hydrogen-bond donors (Lipinski definition) is 1. The summed E-state index contributed by atoms with van der Waals surface area (Å²) in [6, 6.07) is 2.99. The van der Waals surface area contributed by atoms with Crippen LogP contribution in [0.2, 0.25) is 0 Å². The first-order valence-corrected chi connectivity index (χ1v) is 6.87. The summed E-state index contributed by atoms with van der Waals surface area (Å²) < 4.78 is 1.20. The summed E-state index contributed by atoms with van der Waals surface area (Å²) >= 11 is 0. The first-order valence-electron chi connectivity index (χ1n) is 6.87. The van der Waals surface area contributed by atoms with Gasteiger partial charge in [-0.05, 0) is 18.6 Å². The fourth-order valence-corrected chi connectivity index (χ4v) is 2.13. The highest BCUT2D eigenvalue weighted by Crippen LogP contribution is 2.14. The Kier molecular flexibility index (Phi) is 4.50. The molecule has 0 aromatic carbocycles. The first-order chi connectivity index (χ1) is 9.65. The van der Waals surface area contributed by atoms with Gasteiger partial charge in [-0.15, -0.1) is 0 Å². The van der Waals surface area contributed by atoms with E-state index in [1.807, 2.05) is 0 Å². The van der Waals surface area contributed by atoms with Crippen LogP contribution in [0.3, 0.4) is 0 Å². The van der Waals surface area contributed by atoms with Crippen molar-refractivity contribution in [3.63, 3.8) is 0 Å². The van der Waals surface area contributed by atoms with E-state index < -0.39 is 5.56 Å². The maximum Gasteiger partial charge on any atom is 0.268 e. The maximum atomic E-state index is 12.2. The molecule has 2 heterocycles. The Balaban J connectivity index is 2.25. The molecule has 0 amide bonds. The minimum absolute atomic E-state index is 0.0773. The standard InChI is InChI=1S/C15H18N2O3/c1-2-3-4-5-7-12(18)11-10-16-14-13(19)8-6-9-17(14)15(11)20/h6,8-10,19H,2-5,7H2,1H3. The number of ketones is 1. The lowest BCUT2D eigenvalue weighted by Gasteiger charge is -2.04. The second kappa shape index (κ2) is 6.32. The Morgan fingerprint density at radius 3 is 2.90 bits per heavy atom. The van der Waals surface area contributed by atoms with Gasteiger partial charge in [-0.3, -0.25) is 14.0 Å². The first kappa shape index (κ1) is 14.2. The van der Waals surface area contributed by atoms with Crippen molar-refractivity contribution in [2.45, 2.75) is 39.0 Å². The molecule has 2 rings (SSSR count).